The Bertz CT molecular complexity index is 908. The molecule has 1 aromatic rings. The quantitative estimate of drug-likeness (QED) is 0.464. The van der Waals surface area contributed by atoms with Crippen LogP contribution in [0.25, 0.3) is 22.6 Å². The standard InChI is InChI=1S/C14H15N4O2/c1-4-18-10-8-6-5-7-9(10)16(2)12-11(18)13(19)17(3)14(20)15-12/h5-8H,4H2,1-3H3/q+1. The number of aromatic nitrogens is 4. The third kappa shape index (κ3) is 1.51. The first-order valence-electron chi connectivity index (χ1n) is 6.44. The Balaban J connectivity index is 2.72. The molecule has 0 atom stereocenters. The lowest BCUT2D eigenvalue weighted by Crippen LogP contribution is -2.48. The molecule has 2 aliphatic heterocycles. The Labute approximate surface area is 114 Å². The van der Waals surface area contributed by atoms with E-state index in [9.17, 15) is 9.59 Å². The van der Waals surface area contributed by atoms with Crippen molar-refractivity contribution >= 4 is 11.0 Å². The summed E-state index contributed by atoms with van der Waals surface area (Å²) in [5.74, 6) is 0.415. The predicted molar refractivity (Wildman–Crippen MR) is 74.7 cm³/mol. The molecular weight excluding hydrogens is 256 g/mol. The summed E-state index contributed by atoms with van der Waals surface area (Å²) >= 11 is 0. The summed E-state index contributed by atoms with van der Waals surface area (Å²) < 4.78 is 4.74. The fraction of sp³-hybridized carbons (Fsp3) is 0.286. The zero-order chi connectivity index (χ0) is 14.4. The third-order valence-electron chi connectivity index (χ3n) is 3.65. The number of nitrogens with zero attached hydrogens (tertiary/aromatic N) is 4. The minimum atomic E-state index is -0.531. The van der Waals surface area contributed by atoms with Gasteiger partial charge in [-0.05, 0) is 13.0 Å². The molecule has 0 N–H and O–H groups in total. The molecule has 6 heteroatoms. The van der Waals surface area contributed by atoms with Crippen molar-refractivity contribution in [3.05, 3.63) is 45.1 Å². The summed E-state index contributed by atoms with van der Waals surface area (Å²) in [5.41, 5.74) is 1.49. The van der Waals surface area contributed by atoms with E-state index in [0.29, 0.717) is 18.1 Å². The van der Waals surface area contributed by atoms with Crippen molar-refractivity contribution in [2.75, 3.05) is 0 Å². The smallest absolute Gasteiger partial charge is 0.318 e. The number of hydrogen-bond donors (Lipinski definition) is 0. The largest absolute Gasteiger partial charge is 0.352 e. The van der Waals surface area contributed by atoms with Gasteiger partial charge in [0.05, 0.1) is 0 Å². The van der Waals surface area contributed by atoms with Crippen molar-refractivity contribution in [3.8, 4) is 11.5 Å². The zero-order valence-electron chi connectivity index (χ0n) is 11.6. The number of fused-ring (bicyclic) bond motifs is 2. The van der Waals surface area contributed by atoms with Crippen LogP contribution in [0, 0.1) is 0 Å². The molecule has 0 bridgehead atoms. The lowest BCUT2D eigenvalue weighted by Gasteiger charge is -2.13. The van der Waals surface area contributed by atoms with Crippen LogP contribution in [-0.4, -0.2) is 14.1 Å². The summed E-state index contributed by atoms with van der Waals surface area (Å²) in [6, 6.07) is 7.76. The number of hydrogen-bond acceptors (Lipinski definition) is 3. The Morgan fingerprint density at radius 3 is 2.55 bits per heavy atom. The van der Waals surface area contributed by atoms with Crippen LogP contribution in [0.3, 0.4) is 0 Å². The number of rotatable bonds is 1. The predicted octanol–water partition coefficient (Wildman–Crippen LogP) is 0.0444. The van der Waals surface area contributed by atoms with E-state index in [1.165, 1.54) is 7.05 Å². The summed E-state index contributed by atoms with van der Waals surface area (Å²) in [5, 5.41) is 0. The van der Waals surface area contributed by atoms with Gasteiger partial charge in [0, 0.05) is 20.2 Å². The highest BCUT2D eigenvalue weighted by molar-refractivity contribution is 5.74. The highest BCUT2D eigenvalue weighted by Gasteiger charge is 2.28. The normalized spacial score (nSPS) is 11.3. The van der Waals surface area contributed by atoms with E-state index in [2.05, 4.69) is 4.98 Å². The molecule has 1 aromatic carbocycles. The molecule has 0 saturated heterocycles. The molecular formula is C14H15N4O2+. The van der Waals surface area contributed by atoms with Crippen LogP contribution in [0.1, 0.15) is 6.92 Å². The van der Waals surface area contributed by atoms with E-state index in [0.717, 1.165) is 15.6 Å². The number of aryl methyl sites for hydroxylation is 2. The van der Waals surface area contributed by atoms with Gasteiger partial charge in [0.15, 0.2) is 0 Å². The molecule has 6 nitrogen and oxygen atoms in total. The van der Waals surface area contributed by atoms with Crippen molar-refractivity contribution in [2.24, 2.45) is 14.1 Å². The van der Waals surface area contributed by atoms with Crippen LogP contribution in [0.4, 0.5) is 0 Å². The van der Waals surface area contributed by atoms with Gasteiger partial charge in [-0.15, -0.1) is 0 Å². The fourth-order valence-corrected chi connectivity index (χ4v) is 2.57. The molecule has 0 aromatic heterocycles. The van der Waals surface area contributed by atoms with Gasteiger partial charge in [0.2, 0.25) is 11.3 Å². The van der Waals surface area contributed by atoms with Crippen molar-refractivity contribution in [1.29, 1.82) is 0 Å². The van der Waals surface area contributed by atoms with E-state index in [1.54, 1.807) is 4.57 Å². The Morgan fingerprint density at radius 1 is 1.15 bits per heavy atom. The molecule has 0 amide bonds. The van der Waals surface area contributed by atoms with E-state index in [-0.39, 0.29) is 5.56 Å². The van der Waals surface area contributed by atoms with Crippen LogP contribution in [0.5, 0.6) is 0 Å². The van der Waals surface area contributed by atoms with Crippen LogP contribution < -0.4 is 15.8 Å². The third-order valence-corrected chi connectivity index (χ3v) is 3.65. The molecule has 2 heterocycles. The average Bonchev–Trinajstić information content (AvgIpc) is 2.46. The van der Waals surface area contributed by atoms with Crippen molar-refractivity contribution in [3.63, 3.8) is 0 Å². The van der Waals surface area contributed by atoms with Gasteiger partial charge in [-0.3, -0.25) is 9.36 Å². The van der Waals surface area contributed by atoms with Gasteiger partial charge in [-0.1, -0.05) is 12.1 Å². The minimum Gasteiger partial charge on any atom is -0.318 e. The first kappa shape index (κ1) is 12.5. The average molecular weight is 271 g/mol. The van der Waals surface area contributed by atoms with Crippen molar-refractivity contribution in [2.45, 2.75) is 13.5 Å². The van der Waals surface area contributed by atoms with Gasteiger partial charge in [0.25, 0.3) is 0 Å². The molecule has 102 valence electrons. The maximum Gasteiger partial charge on any atom is 0.352 e. The molecule has 2 aliphatic rings. The maximum atomic E-state index is 12.4. The highest BCUT2D eigenvalue weighted by atomic mass is 16.2. The monoisotopic (exact) mass is 271 g/mol. The van der Waals surface area contributed by atoms with E-state index >= 15 is 0 Å². The lowest BCUT2D eigenvalue weighted by atomic mass is 10.2. The van der Waals surface area contributed by atoms with E-state index < -0.39 is 5.69 Å². The topological polar surface area (TPSA) is 60.8 Å². The van der Waals surface area contributed by atoms with Gasteiger partial charge >= 0.3 is 16.9 Å². The number of para-hydroxylation sites is 2. The van der Waals surface area contributed by atoms with Crippen LogP contribution in [0.15, 0.2) is 33.9 Å². The number of benzene rings is 1. The van der Waals surface area contributed by atoms with Crippen LogP contribution in [0.2, 0.25) is 0 Å². The molecule has 0 fully saturated rings. The second-order valence-electron chi connectivity index (χ2n) is 4.72. The van der Waals surface area contributed by atoms with Crippen molar-refractivity contribution in [1.82, 2.24) is 14.1 Å². The van der Waals surface area contributed by atoms with E-state index in [1.807, 2.05) is 42.8 Å². The maximum absolute atomic E-state index is 12.4. The first-order chi connectivity index (χ1) is 9.56. The van der Waals surface area contributed by atoms with E-state index in [4.69, 9.17) is 0 Å². The summed E-state index contributed by atoms with van der Waals surface area (Å²) in [4.78, 5) is 28.2. The van der Waals surface area contributed by atoms with Crippen LogP contribution in [-0.2, 0) is 20.6 Å². The van der Waals surface area contributed by atoms with Gasteiger partial charge in [-0.2, -0.15) is 9.55 Å². The second-order valence-corrected chi connectivity index (χ2v) is 4.72. The Hall–Kier alpha value is -2.50. The summed E-state index contributed by atoms with van der Waals surface area (Å²) in [6.45, 7) is 2.60. The Kier molecular flexibility index (Phi) is 2.67. The molecule has 0 spiro atoms. The molecule has 3 rings (SSSR count). The van der Waals surface area contributed by atoms with Crippen molar-refractivity contribution < 1.29 is 4.57 Å². The molecule has 20 heavy (non-hydrogen) atoms. The molecule has 0 saturated carbocycles. The zero-order valence-corrected chi connectivity index (χ0v) is 11.6. The molecule has 0 unspecified atom stereocenters. The fourth-order valence-electron chi connectivity index (χ4n) is 2.57. The lowest BCUT2D eigenvalue weighted by molar-refractivity contribution is -0.658. The van der Waals surface area contributed by atoms with Gasteiger partial charge in [0.1, 0.15) is 12.1 Å². The van der Waals surface area contributed by atoms with Crippen LogP contribution >= 0.6 is 0 Å². The minimum absolute atomic E-state index is 0.316. The summed E-state index contributed by atoms with van der Waals surface area (Å²) in [7, 11) is 3.27. The SMILES string of the molecule is CC[n+]1c2c(=O)n(C)c(=O)nc-2n(C)c2ccccc21. The summed E-state index contributed by atoms with van der Waals surface area (Å²) in [6.07, 6.45) is 0. The molecule has 0 aliphatic carbocycles. The first-order valence-corrected chi connectivity index (χ1v) is 6.44. The molecule has 0 radical (unpaired) electrons. The second kappa shape index (κ2) is 4.26. The highest BCUT2D eigenvalue weighted by Crippen LogP contribution is 2.17. The van der Waals surface area contributed by atoms with Gasteiger partial charge in [-0.25, -0.2) is 4.79 Å². The Morgan fingerprint density at radius 2 is 1.85 bits per heavy atom. The van der Waals surface area contributed by atoms with Gasteiger partial charge < -0.3 is 4.57 Å².